The molecule has 3 heterocycles. The van der Waals surface area contributed by atoms with Gasteiger partial charge < -0.3 is 49.2 Å². The zero-order chi connectivity index (χ0) is 24.7. The summed E-state index contributed by atoms with van der Waals surface area (Å²) < 4.78 is 27.7. The number of hydrogen-bond acceptors (Lipinski definition) is 11. The topological polar surface area (TPSA) is 168 Å². The van der Waals surface area contributed by atoms with Crippen LogP contribution in [0.2, 0.25) is 0 Å². The van der Waals surface area contributed by atoms with Crippen LogP contribution < -0.4 is 0 Å². The minimum Gasteiger partial charge on any atom is -0.472 e. The third kappa shape index (κ3) is 4.39. The van der Waals surface area contributed by atoms with E-state index in [1.54, 1.807) is 12.2 Å². The third-order valence-corrected chi connectivity index (χ3v) is 7.05. The molecule has 0 bridgehead atoms. The van der Waals surface area contributed by atoms with E-state index in [1.807, 2.05) is 30.3 Å². The number of rotatable bonds is 7. The molecule has 1 aromatic rings. The molecule has 0 amide bonds. The molecule has 1 saturated carbocycles. The molecular formula is C24H28O11. The lowest BCUT2D eigenvalue weighted by Gasteiger charge is -2.43. The van der Waals surface area contributed by atoms with Gasteiger partial charge >= 0.3 is 5.97 Å². The number of aliphatic hydroxyl groups excluding tert-OH is 5. The van der Waals surface area contributed by atoms with Crippen molar-refractivity contribution in [3.8, 4) is 0 Å². The van der Waals surface area contributed by atoms with Gasteiger partial charge in [0.25, 0.3) is 0 Å². The van der Waals surface area contributed by atoms with E-state index in [0.29, 0.717) is 0 Å². The quantitative estimate of drug-likeness (QED) is 0.174. The Morgan fingerprint density at radius 3 is 2.54 bits per heavy atom. The number of hydrogen-bond donors (Lipinski definition) is 5. The van der Waals surface area contributed by atoms with Gasteiger partial charge in [-0.2, -0.15) is 0 Å². The molecule has 1 aromatic carbocycles. The maximum Gasteiger partial charge on any atom is 0.330 e. The maximum absolute atomic E-state index is 12.1. The van der Waals surface area contributed by atoms with Crippen molar-refractivity contribution in [1.29, 1.82) is 0 Å². The fourth-order valence-corrected chi connectivity index (χ4v) is 5.10. The van der Waals surface area contributed by atoms with Crippen molar-refractivity contribution >= 4 is 12.0 Å². The summed E-state index contributed by atoms with van der Waals surface area (Å²) in [5.41, 5.74) is -0.248. The van der Waals surface area contributed by atoms with Crippen molar-refractivity contribution < 1.29 is 54.0 Å². The first-order valence-corrected chi connectivity index (χ1v) is 11.4. The largest absolute Gasteiger partial charge is 0.472 e. The highest BCUT2D eigenvalue weighted by molar-refractivity contribution is 5.87. The molecule has 3 unspecified atom stereocenters. The first kappa shape index (κ1) is 24.3. The van der Waals surface area contributed by atoms with Crippen LogP contribution in [0.5, 0.6) is 0 Å². The highest BCUT2D eigenvalue weighted by Gasteiger charge is 2.75. The van der Waals surface area contributed by atoms with Crippen LogP contribution in [0.3, 0.4) is 0 Å². The van der Waals surface area contributed by atoms with Crippen LogP contribution in [0.25, 0.3) is 6.08 Å². The number of fused-ring (bicyclic) bond motifs is 3. The Morgan fingerprint density at radius 2 is 1.80 bits per heavy atom. The minimum absolute atomic E-state index is 0.364. The highest BCUT2D eigenvalue weighted by Crippen LogP contribution is 2.59. The number of aliphatic hydroxyl groups is 5. The molecule has 11 atom stereocenters. The number of carbonyl (C=O) groups is 1. The molecule has 0 radical (unpaired) electrons. The van der Waals surface area contributed by atoms with Gasteiger partial charge in [-0.3, -0.25) is 0 Å². The summed E-state index contributed by atoms with van der Waals surface area (Å²) >= 11 is 0. The number of benzene rings is 1. The molecule has 5 N–H and O–H groups in total. The summed E-state index contributed by atoms with van der Waals surface area (Å²) in [4.78, 5) is 12.1. The molecule has 11 heteroatoms. The van der Waals surface area contributed by atoms with E-state index < -0.39 is 79.2 Å². The molecule has 190 valence electrons. The van der Waals surface area contributed by atoms with Gasteiger partial charge in [-0.05, 0) is 17.7 Å². The fourth-order valence-electron chi connectivity index (χ4n) is 5.10. The zero-order valence-electron chi connectivity index (χ0n) is 18.6. The molecule has 0 aromatic heterocycles. The van der Waals surface area contributed by atoms with Crippen LogP contribution in [-0.2, 0) is 28.5 Å². The van der Waals surface area contributed by atoms with Crippen molar-refractivity contribution in [1.82, 2.24) is 0 Å². The van der Waals surface area contributed by atoms with Crippen molar-refractivity contribution in [2.24, 2.45) is 11.8 Å². The Hall–Kier alpha value is -2.35. The maximum atomic E-state index is 12.1. The highest BCUT2D eigenvalue weighted by atomic mass is 16.8. The Bertz CT molecular complexity index is 967. The standard InChI is InChI=1S/C24H28O11/c25-11-24-16-13(17(27)21(24)35-24)8-9-31-22(16)34-23-20(30)19(29)18(28)14(33-23)10-32-15(26)7-6-12-4-2-1-3-5-12/h1-9,13-14,16-23,25,27-30H,10-11H2/b7-6+/t13-,14?,16?,17+,18-,19-,20?,21+,22+,23+,24-/m1/s1. The molecule has 1 aliphatic carbocycles. The second kappa shape index (κ2) is 9.60. The summed E-state index contributed by atoms with van der Waals surface area (Å²) in [5.74, 6) is -1.70. The lowest BCUT2D eigenvalue weighted by molar-refractivity contribution is -0.344. The lowest BCUT2D eigenvalue weighted by Crippen LogP contribution is -2.60. The average molecular weight is 492 g/mol. The Labute approximate surface area is 200 Å². The molecule has 3 aliphatic heterocycles. The first-order chi connectivity index (χ1) is 16.9. The van der Waals surface area contributed by atoms with E-state index in [9.17, 15) is 30.3 Å². The van der Waals surface area contributed by atoms with Gasteiger partial charge in [0.05, 0.1) is 24.9 Å². The lowest BCUT2D eigenvalue weighted by atomic mass is 9.85. The van der Waals surface area contributed by atoms with Gasteiger partial charge in [0.1, 0.15) is 42.7 Å². The molecule has 0 spiro atoms. The summed E-state index contributed by atoms with van der Waals surface area (Å²) in [6.07, 6.45) is -4.23. The van der Waals surface area contributed by atoms with Crippen LogP contribution in [0, 0.1) is 11.8 Å². The van der Waals surface area contributed by atoms with Gasteiger partial charge in [-0.25, -0.2) is 4.79 Å². The summed E-state index contributed by atoms with van der Waals surface area (Å²) in [6.45, 7) is -0.776. The van der Waals surface area contributed by atoms with Crippen LogP contribution >= 0.6 is 0 Å². The molecule has 5 rings (SSSR count). The second-order valence-corrected chi connectivity index (χ2v) is 9.10. The normalized spacial score (nSPS) is 43.9. The number of esters is 1. The van der Waals surface area contributed by atoms with Crippen molar-refractivity contribution in [3.05, 3.63) is 54.3 Å². The van der Waals surface area contributed by atoms with Crippen molar-refractivity contribution in [2.75, 3.05) is 13.2 Å². The van der Waals surface area contributed by atoms with Gasteiger partial charge in [-0.15, -0.1) is 0 Å². The van der Waals surface area contributed by atoms with E-state index in [1.165, 1.54) is 12.3 Å². The predicted octanol–water partition coefficient (Wildman–Crippen LogP) is -1.33. The predicted molar refractivity (Wildman–Crippen MR) is 116 cm³/mol. The monoisotopic (exact) mass is 492 g/mol. The van der Waals surface area contributed by atoms with Crippen LogP contribution in [0.4, 0.5) is 0 Å². The van der Waals surface area contributed by atoms with Gasteiger partial charge in [0.2, 0.25) is 6.29 Å². The Morgan fingerprint density at radius 1 is 1.03 bits per heavy atom. The van der Waals surface area contributed by atoms with Gasteiger partial charge in [0.15, 0.2) is 6.29 Å². The van der Waals surface area contributed by atoms with E-state index in [4.69, 9.17) is 23.7 Å². The van der Waals surface area contributed by atoms with Crippen LogP contribution in [-0.4, -0.2) is 99.5 Å². The van der Waals surface area contributed by atoms with Crippen molar-refractivity contribution in [3.63, 3.8) is 0 Å². The zero-order valence-corrected chi connectivity index (χ0v) is 18.6. The van der Waals surface area contributed by atoms with E-state index in [0.717, 1.165) is 5.56 Å². The van der Waals surface area contributed by atoms with Gasteiger partial charge in [0, 0.05) is 12.0 Å². The molecule has 11 nitrogen and oxygen atoms in total. The van der Waals surface area contributed by atoms with Crippen LogP contribution in [0.15, 0.2) is 48.7 Å². The SMILES string of the molecule is O=C(/C=C/c1ccccc1)OCC1O[C@@H](O[C@@H]2OC=C[C@@H]3C2[C@@]2(CO)O[C@H]2[C@H]3O)C(O)[C@H](O)[C@@H]1O. The fraction of sp³-hybridized carbons (Fsp3) is 0.542. The van der Waals surface area contributed by atoms with E-state index in [2.05, 4.69) is 0 Å². The summed E-state index contributed by atoms with van der Waals surface area (Å²) in [6, 6.07) is 9.11. The third-order valence-electron chi connectivity index (χ3n) is 7.05. The van der Waals surface area contributed by atoms with Gasteiger partial charge in [-0.1, -0.05) is 30.3 Å². The molecule has 3 fully saturated rings. The Balaban J connectivity index is 1.22. The summed E-state index contributed by atoms with van der Waals surface area (Å²) in [7, 11) is 0. The first-order valence-electron chi connectivity index (χ1n) is 11.4. The average Bonchev–Trinajstić information content (AvgIpc) is 3.57. The molecular weight excluding hydrogens is 464 g/mol. The Kier molecular flexibility index (Phi) is 6.68. The molecule has 35 heavy (non-hydrogen) atoms. The summed E-state index contributed by atoms with van der Waals surface area (Å²) in [5, 5.41) is 51.5. The minimum atomic E-state index is -1.65. The van der Waals surface area contributed by atoms with E-state index in [-0.39, 0.29) is 6.61 Å². The number of carbonyl (C=O) groups excluding carboxylic acids is 1. The van der Waals surface area contributed by atoms with E-state index >= 15 is 0 Å². The number of ether oxygens (including phenoxy) is 5. The molecule has 2 saturated heterocycles. The second-order valence-electron chi connectivity index (χ2n) is 9.10. The molecule has 4 aliphatic rings. The smallest absolute Gasteiger partial charge is 0.330 e. The van der Waals surface area contributed by atoms with Crippen LogP contribution in [0.1, 0.15) is 5.56 Å². The number of epoxide rings is 1. The van der Waals surface area contributed by atoms with Crippen molar-refractivity contribution in [2.45, 2.75) is 54.8 Å².